The zero-order valence-electron chi connectivity index (χ0n) is 15.9. The average molecular weight is 412 g/mol. The van der Waals surface area contributed by atoms with Gasteiger partial charge < -0.3 is 14.8 Å². The fraction of sp³-hybridized carbons (Fsp3) is 0.211. The highest BCUT2D eigenvalue weighted by Crippen LogP contribution is 2.22. The van der Waals surface area contributed by atoms with Crippen LogP contribution in [0.1, 0.15) is 32.7 Å². The number of hydrogen-bond donors (Lipinski definition) is 3. The molecule has 2 aromatic heterocycles. The van der Waals surface area contributed by atoms with Crippen molar-refractivity contribution in [3.63, 3.8) is 0 Å². The summed E-state index contributed by atoms with van der Waals surface area (Å²) in [6.45, 7) is 1.33. The summed E-state index contributed by atoms with van der Waals surface area (Å²) in [4.78, 5) is 16.2. The summed E-state index contributed by atoms with van der Waals surface area (Å²) in [7, 11) is 1.88. The van der Waals surface area contributed by atoms with Crippen molar-refractivity contribution in [3.05, 3.63) is 64.7 Å². The molecular weight excluding hydrogens is 392 g/mol. The summed E-state index contributed by atoms with van der Waals surface area (Å²) in [5, 5.41) is 32.0. The number of amides is 1. The Morgan fingerprint density at radius 1 is 1.34 bits per heavy atom. The van der Waals surface area contributed by atoms with E-state index in [9.17, 15) is 15.0 Å². The van der Waals surface area contributed by atoms with E-state index >= 15 is 0 Å². The number of aryl methyl sites for hydroxylation is 2. The molecule has 0 fully saturated rings. The third kappa shape index (κ3) is 4.98. The van der Waals surface area contributed by atoms with Crippen LogP contribution in [0.3, 0.4) is 0 Å². The van der Waals surface area contributed by atoms with Gasteiger partial charge in [0.1, 0.15) is 12.1 Å². The number of aromatic hydroxyl groups is 1. The van der Waals surface area contributed by atoms with Crippen molar-refractivity contribution < 1.29 is 15.0 Å². The van der Waals surface area contributed by atoms with Crippen LogP contribution >= 0.6 is 11.8 Å². The van der Waals surface area contributed by atoms with E-state index in [-0.39, 0.29) is 18.3 Å². The Hall–Kier alpha value is -3.24. The lowest BCUT2D eigenvalue weighted by molar-refractivity contribution is 0.0955. The Bertz CT molecular complexity index is 1030. The van der Waals surface area contributed by atoms with E-state index in [1.807, 2.05) is 23.7 Å². The van der Waals surface area contributed by atoms with Crippen LogP contribution in [0.2, 0.25) is 0 Å². The number of aliphatic hydroxyl groups is 1. The minimum atomic E-state index is -0.385. The van der Waals surface area contributed by atoms with Gasteiger partial charge in [0, 0.05) is 35.7 Å². The molecule has 10 heteroatoms. The molecule has 0 bridgehead atoms. The van der Waals surface area contributed by atoms with Crippen molar-refractivity contribution in [1.29, 1.82) is 0 Å². The van der Waals surface area contributed by atoms with Gasteiger partial charge >= 0.3 is 0 Å². The van der Waals surface area contributed by atoms with Gasteiger partial charge in [0.25, 0.3) is 5.91 Å². The summed E-state index contributed by atoms with van der Waals surface area (Å²) in [5.74, 6) is 0.237. The third-order valence-corrected chi connectivity index (χ3v) is 5.25. The van der Waals surface area contributed by atoms with Crippen LogP contribution in [0.25, 0.3) is 0 Å². The minimum Gasteiger partial charge on any atom is -0.505 e. The summed E-state index contributed by atoms with van der Waals surface area (Å²) in [6, 6.07) is 7.16. The second-order valence-electron chi connectivity index (χ2n) is 6.20. The van der Waals surface area contributed by atoms with E-state index in [0.717, 1.165) is 10.7 Å². The van der Waals surface area contributed by atoms with Crippen molar-refractivity contribution >= 4 is 23.9 Å². The quantitative estimate of drug-likeness (QED) is 0.307. The molecule has 3 aromatic rings. The van der Waals surface area contributed by atoms with Crippen molar-refractivity contribution in [2.24, 2.45) is 12.1 Å². The number of carbonyl (C=O) groups is 1. The van der Waals surface area contributed by atoms with Crippen molar-refractivity contribution in [3.8, 4) is 5.75 Å². The first-order valence-corrected chi connectivity index (χ1v) is 9.65. The Labute approximate surface area is 171 Å². The molecule has 1 amide bonds. The molecule has 3 rings (SSSR count). The predicted molar refractivity (Wildman–Crippen MR) is 109 cm³/mol. The second-order valence-corrected chi connectivity index (χ2v) is 7.14. The van der Waals surface area contributed by atoms with E-state index in [1.54, 1.807) is 37.1 Å². The highest BCUT2D eigenvalue weighted by Gasteiger charge is 2.10. The van der Waals surface area contributed by atoms with Crippen LogP contribution in [-0.2, 0) is 19.4 Å². The number of aliphatic hydroxyl groups excluding tert-OH is 1. The first-order valence-electron chi connectivity index (χ1n) is 8.67. The smallest absolute Gasteiger partial charge is 0.271 e. The van der Waals surface area contributed by atoms with Crippen molar-refractivity contribution in [2.45, 2.75) is 24.4 Å². The van der Waals surface area contributed by atoms with Crippen molar-refractivity contribution in [1.82, 2.24) is 25.2 Å². The number of aromatic nitrogens is 4. The zero-order chi connectivity index (χ0) is 20.8. The van der Waals surface area contributed by atoms with Crippen LogP contribution in [0, 0.1) is 6.92 Å². The topological polar surface area (TPSA) is 126 Å². The van der Waals surface area contributed by atoms with Gasteiger partial charge in [-0.15, -0.1) is 10.2 Å². The molecule has 9 nitrogen and oxygen atoms in total. The Kier molecular flexibility index (Phi) is 6.57. The maximum Gasteiger partial charge on any atom is 0.271 e. The van der Waals surface area contributed by atoms with Crippen LogP contribution in [0.15, 0.2) is 47.0 Å². The maximum absolute atomic E-state index is 12.3. The highest BCUT2D eigenvalue weighted by molar-refractivity contribution is 7.98. The van der Waals surface area contributed by atoms with Crippen molar-refractivity contribution in [2.75, 3.05) is 0 Å². The number of benzene rings is 1. The van der Waals surface area contributed by atoms with Gasteiger partial charge in [-0.1, -0.05) is 23.9 Å². The van der Waals surface area contributed by atoms with E-state index < -0.39 is 0 Å². The second kappa shape index (κ2) is 9.30. The first kappa shape index (κ1) is 20.5. The van der Waals surface area contributed by atoms with Crippen LogP contribution in [-0.4, -0.2) is 42.1 Å². The van der Waals surface area contributed by atoms with Gasteiger partial charge in [-0.2, -0.15) is 5.10 Å². The Morgan fingerprint density at radius 2 is 2.10 bits per heavy atom. The molecule has 29 heavy (non-hydrogen) atoms. The van der Waals surface area contributed by atoms with Gasteiger partial charge in [0.05, 0.1) is 18.5 Å². The lowest BCUT2D eigenvalue weighted by Crippen LogP contribution is -2.17. The monoisotopic (exact) mass is 412 g/mol. The molecule has 2 heterocycles. The fourth-order valence-electron chi connectivity index (χ4n) is 2.45. The summed E-state index contributed by atoms with van der Waals surface area (Å²) >= 11 is 1.55. The number of pyridine rings is 1. The highest BCUT2D eigenvalue weighted by atomic mass is 32.2. The standard InChI is InChI=1S/C19H20N6O3S/c1-12-17(27)16(15(9-26)7-20-12)8-21-23-18(28)14-5-3-13(4-6-14)10-29-19-24-22-11-25(19)2/h3-8,11,26-27H,9-10H2,1-2H3,(H,23,28)/b21-8+. The van der Waals surface area contributed by atoms with Gasteiger partial charge in [0.15, 0.2) is 5.16 Å². The number of rotatable bonds is 7. The SMILES string of the molecule is Cc1ncc(CO)c(/C=N/NC(=O)c2ccc(CSc3nncn3C)cc2)c1O. The number of thioether (sulfide) groups is 1. The van der Waals surface area contributed by atoms with Crippen LogP contribution < -0.4 is 5.43 Å². The normalized spacial score (nSPS) is 11.1. The molecule has 0 radical (unpaired) electrons. The minimum absolute atomic E-state index is 0.0840. The van der Waals surface area contributed by atoms with E-state index in [1.165, 1.54) is 12.4 Å². The van der Waals surface area contributed by atoms with Crippen LogP contribution in [0.5, 0.6) is 5.75 Å². The predicted octanol–water partition coefficient (Wildman–Crippen LogP) is 1.77. The van der Waals surface area contributed by atoms with Gasteiger partial charge in [-0.3, -0.25) is 9.78 Å². The first-order chi connectivity index (χ1) is 14.0. The largest absolute Gasteiger partial charge is 0.505 e. The average Bonchev–Trinajstić information content (AvgIpc) is 3.14. The maximum atomic E-state index is 12.3. The van der Waals surface area contributed by atoms with E-state index in [2.05, 4.69) is 25.7 Å². The molecule has 0 atom stereocenters. The fourth-order valence-corrected chi connectivity index (χ4v) is 3.29. The van der Waals surface area contributed by atoms with Crippen LogP contribution in [0.4, 0.5) is 0 Å². The van der Waals surface area contributed by atoms with E-state index in [4.69, 9.17) is 0 Å². The summed E-state index contributed by atoms with van der Waals surface area (Å²) < 4.78 is 1.84. The Balaban J connectivity index is 1.61. The molecular formula is C19H20N6O3S. The molecule has 0 aliphatic rings. The summed E-state index contributed by atoms with van der Waals surface area (Å²) in [5.41, 5.74) is 5.05. The number of carbonyl (C=O) groups excluding carboxylic acids is 1. The molecule has 150 valence electrons. The number of nitrogens with one attached hydrogen (secondary N) is 1. The summed E-state index contributed by atoms with van der Waals surface area (Å²) in [6.07, 6.45) is 4.39. The molecule has 0 aliphatic heterocycles. The lowest BCUT2D eigenvalue weighted by atomic mass is 10.1. The molecule has 3 N–H and O–H groups in total. The number of hydrogen-bond acceptors (Lipinski definition) is 8. The molecule has 0 spiro atoms. The number of hydrazone groups is 1. The molecule has 1 aromatic carbocycles. The molecule has 0 saturated carbocycles. The Morgan fingerprint density at radius 3 is 2.76 bits per heavy atom. The van der Waals surface area contributed by atoms with E-state index in [0.29, 0.717) is 28.1 Å². The molecule has 0 saturated heterocycles. The van der Waals surface area contributed by atoms with Gasteiger partial charge in [-0.25, -0.2) is 5.43 Å². The third-order valence-electron chi connectivity index (χ3n) is 4.14. The number of nitrogens with zero attached hydrogens (tertiary/aromatic N) is 5. The zero-order valence-corrected chi connectivity index (χ0v) is 16.7. The molecule has 0 unspecified atom stereocenters. The lowest BCUT2D eigenvalue weighted by Gasteiger charge is -2.07. The van der Waals surface area contributed by atoms with Gasteiger partial charge in [-0.05, 0) is 24.6 Å². The molecule has 0 aliphatic carbocycles. The van der Waals surface area contributed by atoms with Gasteiger partial charge in [0.2, 0.25) is 0 Å².